The molecule has 0 radical (unpaired) electrons. The van der Waals surface area contributed by atoms with Crippen LogP contribution in [0.15, 0.2) is 0 Å². The van der Waals surface area contributed by atoms with Crippen molar-refractivity contribution in [2.75, 3.05) is 5.75 Å². The Morgan fingerprint density at radius 2 is 1.85 bits per heavy atom. The smallest absolute Gasteiger partial charge is 0.404 e. The number of fused-ring (bicyclic) bond motifs is 1. The molecule has 0 amide bonds. The summed E-state index contributed by atoms with van der Waals surface area (Å²) in [6.45, 7) is 0. The number of sulfonamides is 1. The molecule has 5 nitrogen and oxygen atoms in total. The summed E-state index contributed by atoms with van der Waals surface area (Å²) in [5, 5.41) is 9.10. The van der Waals surface area contributed by atoms with Gasteiger partial charge in [0.05, 0.1) is 0 Å². The summed E-state index contributed by atoms with van der Waals surface area (Å²) in [4.78, 5) is 11.2. The lowest BCUT2D eigenvalue weighted by molar-refractivity contribution is -0.141. The fourth-order valence-electron chi connectivity index (χ4n) is 3.31. The van der Waals surface area contributed by atoms with Crippen LogP contribution >= 0.6 is 0 Å². The van der Waals surface area contributed by atoms with Gasteiger partial charge in [-0.1, -0.05) is 12.8 Å². The second kappa shape index (κ2) is 5.18. The topological polar surface area (TPSA) is 74.7 Å². The van der Waals surface area contributed by atoms with E-state index in [1.165, 1.54) is 0 Å². The number of alkyl halides is 3. The highest BCUT2D eigenvalue weighted by Crippen LogP contribution is 2.42. The molecular formula is C11H16F3NO4S. The summed E-state index contributed by atoms with van der Waals surface area (Å²) in [5.41, 5.74) is 0. The van der Waals surface area contributed by atoms with Crippen molar-refractivity contribution in [1.29, 1.82) is 0 Å². The number of nitrogens with zero attached hydrogens (tertiary/aromatic N) is 1. The van der Waals surface area contributed by atoms with Gasteiger partial charge in [0.2, 0.25) is 10.0 Å². The number of hydrogen-bond acceptors (Lipinski definition) is 3. The van der Waals surface area contributed by atoms with Crippen molar-refractivity contribution in [1.82, 2.24) is 4.31 Å². The standard InChI is InChI=1S/C11H16F3NO4S/c12-11(13,14)6-20(18,19)15-8-4-2-1-3-7(8)5-9(15)10(16)17/h7-9H,1-6H2,(H,16,17). The van der Waals surface area contributed by atoms with Crippen molar-refractivity contribution in [3.05, 3.63) is 0 Å². The van der Waals surface area contributed by atoms with Crippen LogP contribution in [-0.4, -0.2) is 47.8 Å². The van der Waals surface area contributed by atoms with Crippen LogP contribution in [0.1, 0.15) is 32.1 Å². The predicted octanol–water partition coefficient (Wildman–Crippen LogP) is 1.60. The molecule has 2 aliphatic rings. The van der Waals surface area contributed by atoms with Crippen LogP contribution in [0.5, 0.6) is 0 Å². The molecule has 1 aliphatic heterocycles. The van der Waals surface area contributed by atoms with Crippen LogP contribution in [0.25, 0.3) is 0 Å². The highest BCUT2D eigenvalue weighted by atomic mass is 32.2. The second-order valence-corrected chi connectivity index (χ2v) is 7.28. The van der Waals surface area contributed by atoms with Crippen LogP contribution in [0.4, 0.5) is 13.2 Å². The fraction of sp³-hybridized carbons (Fsp3) is 0.909. The molecule has 20 heavy (non-hydrogen) atoms. The Balaban J connectivity index is 2.31. The third-order valence-corrected chi connectivity index (χ3v) is 5.84. The van der Waals surface area contributed by atoms with Gasteiger partial charge >= 0.3 is 12.1 Å². The monoisotopic (exact) mass is 315 g/mol. The van der Waals surface area contributed by atoms with Crippen molar-refractivity contribution in [3.8, 4) is 0 Å². The van der Waals surface area contributed by atoms with Crippen molar-refractivity contribution in [3.63, 3.8) is 0 Å². The van der Waals surface area contributed by atoms with E-state index < -0.39 is 40.0 Å². The van der Waals surface area contributed by atoms with E-state index in [0.29, 0.717) is 23.6 Å². The maximum absolute atomic E-state index is 12.4. The highest BCUT2D eigenvalue weighted by molar-refractivity contribution is 7.89. The van der Waals surface area contributed by atoms with E-state index >= 15 is 0 Å². The Hall–Kier alpha value is -0.830. The first kappa shape index (κ1) is 15.6. The molecule has 1 heterocycles. The second-order valence-electron chi connectivity index (χ2n) is 5.40. The van der Waals surface area contributed by atoms with Gasteiger partial charge in [-0.05, 0) is 25.2 Å². The summed E-state index contributed by atoms with van der Waals surface area (Å²) in [5.74, 6) is -3.51. The largest absolute Gasteiger partial charge is 0.480 e. The number of carbonyl (C=O) groups is 1. The molecule has 1 saturated carbocycles. The quantitative estimate of drug-likeness (QED) is 0.858. The molecule has 0 aromatic carbocycles. The first-order valence-corrected chi connectivity index (χ1v) is 8.03. The Kier molecular flexibility index (Phi) is 4.03. The minimum atomic E-state index is -4.87. The molecule has 1 N–H and O–H groups in total. The van der Waals surface area contributed by atoms with E-state index in [1.54, 1.807) is 0 Å². The van der Waals surface area contributed by atoms with Crippen LogP contribution in [-0.2, 0) is 14.8 Å². The van der Waals surface area contributed by atoms with E-state index in [-0.39, 0.29) is 12.3 Å². The van der Waals surface area contributed by atoms with Gasteiger partial charge in [-0.25, -0.2) is 8.42 Å². The number of rotatable bonds is 3. The third kappa shape index (κ3) is 3.08. The first-order chi connectivity index (χ1) is 9.12. The zero-order chi connectivity index (χ0) is 15.1. The van der Waals surface area contributed by atoms with Gasteiger partial charge in [-0.2, -0.15) is 17.5 Å². The Morgan fingerprint density at radius 1 is 1.25 bits per heavy atom. The number of carboxylic acid groups (broad SMARTS) is 1. The maximum atomic E-state index is 12.4. The van der Waals surface area contributed by atoms with Crippen LogP contribution in [0.2, 0.25) is 0 Å². The minimum absolute atomic E-state index is 0.108. The molecule has 1 aliphatic carbocycles. The van der Waals surface area contributed by atoms with Gasteiger partial charge in [0.25, 0.3) is 0 Å². The molecule has 2 fully saturated rings. The molecule has 0 bridgehead atoms. The number of aliphatic carboxylic acids is 1. The molecule has 0 spiro atoms. The van der Waals surface area contributed by atoms with Gasteiger partial charge in [0.15, 0.2) is 5.75 Å². The lowest BCUT2D eigenvalue weighted by Crippen LogP contribution is -2.48. The number of carboxylic acids is 1. The summed E-state index contributed by atoms with van der Waals surface area (Å²) < 4.78 is 61.8. The first-order valence-electron chi connectivity index (χ1n) is 6.42. The molecule has 0 aromatic heterocycles. The van der Waals surface area contributed by atoms with E-state index in [2.05, 4.69) is 0 Å². The Labute approximate surface area is 114 Å². The fourth-order valence-corrected chi connectivity index (χ4v) is 5.13. The minimum Gasteiger partial charge on any atom is -0.480 e. The van der Waals surface area contributed by atoms with Crippen molar-refractivity contribution in [2.24, 2.45) is 5.92 Å². The molecular weight excluding hydrogens is 299 g/mol. The Bertz CT molecular complexity index is 490. The molecule has 1 saturated heterocycles. The van der Waals surface area contributed by atoms with E-state index in [1.807, 2.05) is 0 Å². The average molecular weight is 315 g/mol. The predicted molar refractivity (Wildman–Crippen MR) is 63.5 cm³/mol. The molecule has 3 unspecified atom stereocenters. The van der Waals surface area contributed by atoms with Crippen molar-refractivity contribution >= 4 is 16.0 Å². The van der Waals surface area contributed by atoms with Gasteiger partial charge in [-0.15, -0.1) is 0 Å². The summed E-state index contributed by atoms with van der Waals surface area (Å²) >= 11 is 0. The third-order valence-electron chi connectivity index (χ3n) is 3.98. The van der Waals surface area contributed by atoms with E-state index in [4.69, 9.17) is 5.11 Å². The molecule has 3 atom stereocenters. The molecule has 116 valence electrons. The highest BCUT2D eigenvalue weighted by Gasteiger charge is 2.53. The van der Waals surface area contributed by atoms with Gasteiger partial charge in [0.1, 0.15) is 6.04 Å². The zero-order valence-corrected chi connectivity index (χ0v) is 11.5. The summed E-state index contributed by atoms with van der Waals surface area (Å²) in [7, 11) is -4.65. The van der Waals surface area contributed by atoms with E-state index in [0.717, 1.165) is 6.42 Å². The van der Waals surface area contributed by atoms with E-state index in [9.17, 15) is 26.4 Å². The zero-order valence-electron chi connectivity index (χ0n) is 10.6. The average Bonchev–Trinajstić information content (AvgIpc) is 2.65. The van der Waals surface area contributed by atoms with Gasteiger partial charge in [-0.3, -0.25) is 4.79 Å². The van der Waals surface area contributed by atoms with Crippen LogP contribution < -0.4 is 0 Å². The lowest BCUT2D eigenvalue weighted by Gasteiger charge is -2.32. The van der Waals surface area contributed by atoms with Crippen LogP contribution in [0.3, 0.4) is 0 Å². The number of hydrogen-bond donors (Lipinski definition) is 1. The molecule has 9 heteroatoms. The summed E-state index contributed by atoms with van der Waals surface area (Å²) in [6.07, 6.45) is -2.07. The lowest BCUT2D eigenvalue weighted by atomic mass is 9.85. The molecule has 2 rings (SSSR count). The van der Waals surface area contributed by atoms with Gasteiger partial charge < -0.3 is 5.11 Å². The van der Waals surface area contributed by atoms with Gasteiger partial charge in [0, 0.05) is 6.04 Å². The van der Waals surface area contributed by atoms with Crippen molar-refractivity contribution in [2.45, 2.75) is 50.4 Å². The SMILES string of the molecule is O=C(O)C1CC2CCCCC2N1S(=O)(=O)CC(F)(F)F. The van der Waals surface area contributed by atoms with Crippen molar-refractivity contribution < 1.29 is 31.5 Å². The molecule has 0 aromatic rings. The maximum Gasteiger partial charge on any atom is 0.404 e. The Morgan fingerprint density at radius 3 is 2.40 bits per heavy atom. The van der Waals surface area contributed by atoms with Crippen LogP contribution in [0, 0.1) is 5.92 Å². The normalized spacial score (nSPS) is 32.0. The summed E-state index contributed by atoms with van der Waals surface area (Å²) in [6, 6.07) is -1.97. The number of halogens is 3.